The number of nitrogens with zero attached hydrogens (tertiary/aromatic N) is 1. The van der Waals surface area contributed by atoms with E-state index in [1.807, 2.05) is 27.7 Å². The summed E-state index contributed by atoms with van der Waals surface area (Å²) in [5.41, 5.74) is 0. The molecule has 0 rings (SSSR count). The van der Waals surface area contributed by atoms with Crippen molar-refractivity contribution in [2.75, 3.05) is 0 Å². The normalized spacial score (nSPS) is 12.1. The Labute approximate surface area is 105 Å². The third kappa shape index (κ3) is 4.90. The number of carboxylic acid groups (broad SMARTS) is 1. The fourth-order valence-corrected chi connectivity index (χ4v) is 2.21. The standard InChI is InChI=1S/C10H16ClNO3S/c1-6(2)12(7(3)4)10(15)16-5-8(11)9(13)14/h5-7H,1-4H3,(H,13,14). The van der Waals surface area contributed by atoms with Gasteiger partial charge in [0.05, 0.1) is 0 Å². The summed E-state index contributed by atoms with van der Waals surface area (Å²) >= 11 is 6.18. The summed E-state index contributed by atoms with van der Waals surface area (Å²) in [6.45, 7) is 7.61. The summed E-state index contributed by atoms with van der Waals surface area (Å²) in [4.78, 5) is 23.8. The highest BCUT2D eigenvalue weighted by molar-refractivity contribution is 8.16. The lowest BCUT2D eigenvalue weighted by atomic mass is 10.2. The summed E-state index contributed by atoms with van der Waals surface area (Å²) in [6.07, 6.45) is 0. The Kier molecular flexibility index (Phi) is 6.52. The molecule has 6 heteroatoms. The second-order valence-corrected chi connectivity index (χ2v) is 4.98. The molecular formula is C10H16ClNO3S. The topological polar surface area (TPSA) is 57.6 Å². The van der Waals surface area contributed by atoms with E-state index in [1.165, 1.54) is 0 Å². The van der Waals surface area contributed by atoms with Crippen LogP contribution in [0.25, 0.3) is 0 Å². The molecule has 0 aromatic rings. The molecular weight excluding hydrogens is 250 g/mol. The number of halogens is 1. The number of hydrogen-bond acceptors (Lipinski definition) is 3. The number of carbonyl (C=O) groups is 2. The SMILES string of the molecule is CC(C)N(C(=O)SC=C(Cl)C(=O)O)C(C)C. The van der Waals surface area contributed by atoms with Gasteiger partial charge in [0.25, 0.3) is 5.24 Å². The monoisotopic (exact) mass is 265 g/mol. The summed E-state index contributed by atoms with van der Waals surface area (Å²) in [5.74, 6) is -1.23. The Morgan fingerprint density at radius 3 is 2.00 bits per heavy atom. The maximum absolute atomic E-state index is 11.7. The first-order valence-electron chi connectivity index (χ1n) is 4.85. The van der Waals surface area contributed by atoms with Crippen molar-refractivity contribution in [2.45, 2.75) is 39.8 Å². The van der Waals surface area contributed by atoms with E-state index in [1.54, 1.807) is 4.90 Å². The Morgan fingerprint density at radius 1 is 1.25 bits per heavy atom. The van der Waals surface area contributed by atoms with E-state index in [4.69, 9.17) is 16.7 Å². The van der Waals surface area contributed by atoms with E-state index in [0.29, 0.717) is 0 Å². The fourth-order valence-electron chi connectivity index (χ4n) is 1.23. The molecule has 4 nitrogen and oxygen atoms in total. The molecule has 0 saturated heterocycles. The summed E-state index contributed by atoms with van der Waals surface area (Å²) in [7, 11) is 0. The predicted molar refractivity (Wildman–Crippen MR) is 66.7 cm³/mol. The van der Waals surface area contributed by atoms with Crippen molar-refractivity contribution in [3.8, 4) is 0 Å². The summed E-state index contributed by atoms with van der Waals surface area (Å²) < 4.78 is 0. The number of aliphatic carboxylic acids is 1. The molecule has 0 bridgehead atoms. The van der Waals surface area contributed by atoms with Crippen LogP contribution in [0.2, 0.25) is 0 Å². The predicted octanol–water partition coefficient (Wildman–Crippen LogP) is 3.12. The van der Waals surface area contributed by atoms with E-state index < -0.39 is 5.97 Å². The highest BCUT2D eigenvalue weighted by atomic mass is 35.5. The number of amides is 1. The first-order valence-corrected chi connectivity index (χ1v) is 6.11. The molecule has 92 valence electrons. The van der Waals surface area contributed by atoms with Crippen molar-refractivity contribution in [3.63, 3.8) is 0 Å². The Balaban J connectivity index is 4.56. The van der Waals surface area contributed by atoms with E-state index in [2.05, 4.69) is 0 Å². The molecule has 0 unspecified atom stereocenters. The Morgan fingerprint density at radius 2 is 1.69 bits per heavy atom. The van der Waals surface area contributed by atoms with Gasteiger partial charge in [0.15, 0.2) is 0 Å². The zero-order valence-corrected chi connectivity index (χ0v) is 11.3. The average Bonchev–Trinajstić information content (AvgIpc) is 2.12. The van der Waals surface area contributed by atoms with E-state index >= 15 is 0 Å². The van der Waals surface area contributed by atoms with Gasteiger partial charge in [0, 0.05) is 17.5 Å². The quantitative estimate of drug-likeness (QED) is 0.794. The minimum absolute atomic E-state index is 0.0667. The minimum Gasteiger partial charge on any atom is -0.477 e. The van der Waals surface area contributed by atoms with E-state index in [9.17, 15) is 9.59 Å². The maximum Gasteiger partial charge on any atom is 0.347 e. The van der Waals surface area contributed by atoms with Gasteiger partial charge in [0.1, 0.15) is 5.03 Å². The van der Waals surface area contributed by atoms with Gasteiger partial charge in [-0.2, -0.15) is 0 Å². The molecule has 0 aliphatic heterocycles. The number of carboxylic acids is 1. The van der Waals surface area contributed by atoms with Crippen molar-refractivity contribution in [3.05, 3.63) is 10.4 Å². The van der Waals surface area contributed by atoms with Gasteiger partial charge < -0.3 is 10.0 Å². The smallest absolute Gasteiger partial charge is 0.347 e. The fraction of sp³-hybridized carbons (Fsp3) is 0.600. The molecule has 0 heterocycles. The van der Waals surface area contributed by atoms with Crippen LogP contribution < -0.4 is 0 Å². The molecule has 1 N–H and O–H groups in total. The second kappa shape index (κ2) is 6.81. The zero-order valence-electron chi connectivity index (χ0n) is 9.73. The van der Waals surface area contributed by atoms with E-state index in [0.717, 1.165) is 17.2 Å². The highest BCUT2D eigenvalue weighted by Crippen LogP contribution is 2.19. The van der Waals surface area contributed by atoms with Gasteiger partial charge in [-0.1, -0.05) is 11.6 Å². The lowest BCUT2D eigenvalue weighted by molar-refractivity contribution is -0.131. The van der Waals surface area contributed by atoms with Gasteiger partial charge in [0.2, 0.25) is 0 Å². The summed E-state index contributed by atoms with van der Waals surface area (Å²) in [6, 6.07) is 0.133. The van der Waals surface area contributed by atoms with Crippen LogP contribution in [0.5, 0.6) is 0 Å². The molecule has 0 aliphatic carbocycles. The Hall–Kier alpha value is -0.680. The van der Waals surface area contributed by atoms with Crippen molar-refractivity contribution in [1.29, 1.82) is 0 Å². The molecule has 16 heavy (non-hydrogen) atoms. The molecule has 0 aromatic heterocycles. The number of thioether (sulfide) groups is 1. The largest absolute Gasteiger partial charge is 0.477 e. The highest BCUT2D eigenvalue weighted by Gasteiger charge is 2.20. The van der Waals surface area contributed by atoms with Crippen LogP contribution in [0.1, 0.15) is 27.7 Å². The van der Waals surface area contributed by atoms with E-state index in [-0.39, 0.29) is 22.4 Å². The molecule has 1 amide bonds. The van der Waals surface area contributed by atoms with Gasteiger partial charge in [-0.3, -0.25) is 4.79 Å². The van der Waals surface area contributed by atoms with Crippen molar-refractivity contribution in [1.82, 2.24) is 4.90 Å². The van der Waals surface area contributed by atoms with Crippen LogP contribution in [-0.2, 0) is 4.79 Å². The Bertz CT molecular complexity index is 294. The molecule has 0 fully saturated rings. The van der Waals surface area contributed by atoms with Crippen LogP contribution in [0, 0.1) is 0 Å². The van der Waals surface area contributed by atoms with Crippen LogP contribution in [0.3, 0.4) is 0 Å². The van der Waals surface area contributed by atoms with Crippen LogP contribution in [0.15, 0.2) is 10.4 Å². The molecule has 0 atom stereocenters. The van der Waals surface area contributed by atoms with Crippen molar-refractivity contribution in [2.24, 2.45) is 0 Å². The molecule has 0 spiro atoms. The van der Waals surface area contributed by atoms with Gasteiger partial charge in [-0.05, 0) is 39.5 Å². The van der Waals surface area contributed by atoms with Crippen molar-refractivity contribution < 1.29 is 14.7 Å². The second-order valence-electron chi connectivity index (χ2n) is 3.75. The van der Waals surface area contributed by atoms with Crippen LogP contribution in [-0.4, -0.2) is 33.3 Å². The third-order valence-electron chi connectivity index (χ3n) is 1.79. The first-order chi connectivity index (χ1) is 7.27. The number of rotatable bonds is 4. The zero-order chi connectivity index (χ0) is 12.9. The molecule has 0 aromatic carbocycles. The lowest BCUT2D eigenvalue weighted by Crippen LogP contribution is -2.39. The molecule has 0 radical (unpaired) electrons. The maximum atomic E-state index is 11.7. The van der Waals surface area contributed by atoms with Crippen molar-refractivity contribution >= 4 is 34.6 Å². The van der Waals surface area contributed by atoms with Crippen LogP contribution >= 0.6 is 23.4 Å². The number of hydrogen-bond donors (Lipinski definition) is 1. The minimum atomic E-state index is -1.23. The van der Waals surface area contributed by atoms with Crippen LogP contribution in [0.4, 0.5) is 4.79 Å². The molecule has 0 aliphatic rings. The van der Waals surface area contributed by atoms with Gasteiger partial charge >= 0.3 is 5.97 Å². The first kappa shape index (κ1) is 15.3. The lowest BCUT2D eigenvalue weighted by Gasteiger charge is -2.29. The van der Waals surface area contributed by atoms with Gasteiger partial charge in [-0.15, -0.1) is 0 Å². The van der Waals surface area contributed by atoms with Gasteiger partial charge in [-0.25, -0.2) is 4.79 Å². The summed E-state index contributed by atoms with van der Waals surface area (Å²) in [5, 5.41) is 9.10. The number of carbonyl (C=O) groups excluding carboxylic acids is 1. The average molecular weight is 266 g/mol. The third-order valence-corrected chi connectivity index (χ3v) is 2.96. The molecule has 0 saturated carbocycles.